The molecule has 0 bridgehead atoms. The van der Waals surface area contributed by atoms with Crippen LogP contribution in [-0.2, 0) is 4.74 Å². The Morgan fingerprint density at radius 1 is 1.06 bits per heavy atom. The summed E-state index contributed by atoms with van der Waals surface area (Å²) in [5.41, 5.74) is 2.07. The molecular formula is C32H46N2O2. The van der Waals surface area contributed by atoms with Crippen molar-refractivity contribution in [1.29, 1.82) is 5.26 Å². The summed E-state index contributed by atoms with van der Waals surface area (Å²) in [5.74, 6) is 4.73. The number of amides is 1. The summed E-state index contributed by atoms with van der Waals surface area (Å²) in [5, 5.41) is 12.4. The van der Waals surface area contributed by atoms with Crippen molar-refractivity contribution in [2.45, 2.75) is 91.0 Å². The molecule has 4 saturated carbocycles. The van der Waals surface area contributed by atoms with E-state index in [0.717, 1.165) is 36.2 Å². The van der Waals surface area contributed by atoms with Crippen LogP contribution in [0.5, 0.6) is 0 Å². The maximum atomic E-state index is 13.1. The fraction of sp³-hybridized carbons (Fsp3) is 0.750. The number of benzene rings is 1. The van der Waals surface area contributed by atoms with Crippen molar-refractivity contribution >= 4 is 5.91 Å². The van der Waals surface area contributed by atoms with Gasteiger partial charge in [0.25, 0.3) is 5.91 Å². The normalized spacial score (nSPS) is 40.6. The van der Waals surface area contributed by atoms with E-state index in [1.165, 1.54) is 64.2 Å². The highest BCUT2D eigenvalue weighted by Crippen LogP contribution is 2.66. The SMILES string of the molecule is COC[C@H]1CC[C@@H]2C3CC[C@@]4(C)C(CCC[C@@H]4[C@H](C)NC(=O)c4ccc(C#N)cc4)[C@@H]3CC[C@]2(C)C1. The highest BCUT2D eigenvalue weighted by molar-refractivity contribution is 5.94. The number of hydrogen-bond acceptors (Lipinski definition) is 3. The number of nitrogens with zero attached hydrogens (tertiary/aromatic N) is 1. The number of rotatable bonds is 5. The van der Waals surface area contributed by atoms with Gasteiger partial charge in [0, 0.05) is 25.3 Å². The van der Waals surface area contributed by atoms with Gasteiger partial charge >= 0.3 is 0 Å². The van der Waals surface area contributed by atoms with Crippen molar-refractivity contribution in [1.82, 2.24) is 5.32 Å². The second kappa shape index (κ2) is 10.1. The van der Waals surface area contributed by atoms with Gasteiger partial charge in [-0.15, -0.1) is 0 Å². The zero-order chi connectivity index (χ0) is 25.5. The molecule has 1 aromatic rings. The molecule has 2 unspecified atom stereocenters. The van der Waals surface area contributed by atoms with Gasteiger partial charge in [0.1, 0.15) is 0 Å². The first-order chi connectivity index (χ1) is 17.3. The van der Waals surface area contributed by atoms with Crippen LogP contribution in [0.4, 0.5) is 0 Å². The summed E-state index contributed by atoms with van der Waals surface area (Å²) in [7, 11) is 1.86. The summed E-state index contributed by atoms with van der Waals surface area (Å²) in [6, 6.07) is 9.32. The first-order valence-electron chi connectivity index (χ1n) is 14.6. The van der Waals surface area contributed by atoms with Gasteiger partial charge in [-0.1, -0.05) is 20.3 Å². The van der Waals surface area contributed by atoms with Crippen LogP contribution in [-0.4, -0.2) is 25.7 Å². The maximum Gasteiger partial charge on any atom is 0.251 e. The van der Waals surface area contributed by atoms with E-state index in [2.05, 4.69) is 32.2 Å². The van der Waals surface area contributed by atoms with Crippen LogP contribution in [0.2, 0.25) is 0 Å². The van der Waals surface area contributed by atoms with Crippen molar-refractivity contribution in [2.24, 2.45) is 46.3 Å². The lowest BCUT2D eigenvalue weighted by Gasteiger charge is -2.63. The molecule has 196 valence electrons. The van der Waals surface area contributed by atoms with Gasteiger partial charge in [-0.3, -0.25) is 4.79 Å². The number of ether oxygens (including phenoxy) is 1. The molecule has 0 saturated heterocycles. The predicted octanol–water partition coefficient (Wildman–Crippen LogP) is 6.99. The topological polar surface area (TPSA) is 62.1 Å². The van der Waals surface area contributed by atoms with Crippen molar-refractivity contribution < 1.29 is 9.53 Å². The van der Waals surface area contributed by atoms with Crippen LogP contribution in [0.15, 0.2) is 24.3 Å². The van der Waals surface area contributed by atoms with Crippen molar-refractivity contribution in [3.63, 3.8) is 0 Å². The molecule has 5 rings (SSSR count). The third-order valence-electron chi connectivity index (χ3n) is 11.6. The van der Waals surface area contributed by atoms with E-state index in [4.69, 9.17) is 10.00 Å². The maximum absolute atomic E-state index is 13.1. The lowest BCUT2D eigenvalue weighted by molar-refractivity contribution is -0.139. The zero-order valence-corrected chi connectivity index (χ0v) is 22.9. The summed E-state index contributed by atoms with van der Waals surface area (Å²) in [6.07, 6.45) is 13.5. The minimum absolute atomic E-state index is 0.00680. The Balaban J connectivity index is 1.29. The number of carbonyl (C=O) groups excluding carboxylic acids is 1. The molecule has 1 aromatic carbocycles. The van der Waals surface area contributed by atoms with E-state index in [9.17, 15) is 4.79 Å². The lowest BCUT2D eigenvalue weighted by Crippen LogP contribution is -2.57. The minimum Gasteiger partial charge on any atom is -0.384 e. The molecule has 4 heteroatoms. The molecule has 4 aliphatic rings. The molecule has 0 aromatic heterocycles. The molecule has 0 spiro atoms. The van der Waals surface area contributed by atoms with E-state index in [1.807, 2.05) is 7.11 Å². The monoisotopic (exact) mass is 490 g/mol. The molecule has 4 fully saturated rings. The predicted molar refractivity (Wildman–Crippen MR) is 143 cm³/mol. The number of carbonyl (C=O) groups is 1. The Labute approximate surface area is 218 Å². The Hall–Kier alpha value is -1.86. The van der Waals surface area contributed by atoms with Gasteiger partial charge in [-0.05, 0) is 135 Å². The Morgan fingerprint density at radius 3 is 2.50 bits per heavy atom. The number of hydrogen-bond donors (Lipinski definition) is 1. The van der Waals surface area contributed by atoms with Crippen LogP contribution in [0.3, 0.4) is 0 Å². The van der Waals surface area contributed by atoms with Gasteiger partial charge in [0.05, 0.1) is 11.6 Å². The second-order valence-electron chi connectivity index (χ2n) is 13.4. The Bertz CT molecular complexity index is 983. The van der Waals surface area contributed by atoms with Crippen molar-refractivity contribution in [3.8, 4) is 6.07 Å². The average Bonchev–Trinajstić information content (AvgIpc) is 2.87. The fourth-order valence-corrected chi connectivity index (χ4v) is 9.95. The Kier molecular flexibility index (Phi) is 7.25. The standard InChI is InChI=1S/C32H46N2O2/c1-21(34-30(35)24-11-8-22(19-33)9-12-24)27-6-5-7-29-26-14-16-31(2)18-23(20-36-4)10-13-28(31)25(26)15-17-32(27,29)3/h8-9,11-12,21,23,25-29H,5-7,10,13-18,20H2,1-4H3,(H,34,35)/t21-,23-,25?,26+,27+,28+,29?,31+,32+/m0/s1. The fourth-order valence-electron chi connectivity index (χ4n) is 9.95. The first kappa shape index (κ1) is 25.8. The molecule has 4 nitrogen and oxygen atoms in total. The van der Waals surface area contributed by atoms with E-state index < -0.39 is 0 Å². The molecule has 0 aliphatic heterocycles. The van der Waals surface area contributed by atoms with E-state index in [1.54, 1.807) is 24.3 Å². The van der Waals surface area contributed by atoms with E-state index in [0.29, 0.717) is 27.9 Å². The molecule has 4 aliphatic carbocycles. The highest BCUT2D eigenvalue weighted by atomic mass is 16.5. The van der Waals surface area contributed by atoms with E-state index >= 15 is 0 Å². The lowest BCUT2D eigenvalue weighted by atomic mass is 9.42. The third-order valence-corrected chi connectivity index (χ3v) is 11.6. The van der Waals surface area contributed by atoms with E-state index in [-0.39, 0.29) is 11.9 Å². The van der Waals surface area contributed by atoms with Crippen LogP contribution in [0, 0.1) is 57.7 Å². The number of methoxy groups -OCH3 is 1. The van der Waals surface area contributed by atoms with Gasteiger partial charge in [0.15, 0.2) is 0 Å². The first-order valence-corrected chi connectivity index (χ1v) is 14.6. The van der Waals surface area contributed by atoms with Gasteiger partial charge in [-0.25, -0.2) is 0 Å². The number of fused-ring (bicyclic) bond motifs is 5. The zero-order valence-electron chi connectivity index (χ0n) is 22.9. The molecule has 36 heavy (non-hydrogen) atoms. The summed E-state index contributed by atoms with van der Waals surface area (Å²) in [4.78, 5) is 13.1. The molecule has 9 atom stereocenters. The molecule has 1 N–H and O–H groups in total. The van der Waals surface area contributed by atoms with Gasteiger partial charge in [-0.2, -0.15) is 5.26 Å². The smallest absolute Gasteiger partial charge is 0.251 e. The summed E-state index contributed by atoms with van der Waals surface area (Å²) >= 11 is 0. The third kappa shape index (κ3) is 4.51. The molecule has 1 amide bonds. The quantitative estimate of drug-likeness (QED) is 0.484. The Morgan fingerprint density at radius 2 is 1.78 bits per heavy atom. The average molecular weight is 491 g/mol. The van der Waals surface area contributed by atoms with Crippen molar-refractivity contribution in [2.75, 3.05) is 13.7 Å². The summed E-state index contributed by atoms with van der Waals surface area (Å²) in [6.45, 7) is 8.35. The number of nitrogens with one attached hydrogen (secondary N) is 1. The molecule has 0 radical (unpaired) electrons. The largest absolute Gasteiger partial charge is 0.384 e. The summed E-state index contributed by atoms with van der Waals surface area (Å²) < 4.78 is 5.55. The highest BCUT2D eigenvalue weighted by Gasteiger charge is 2.58. The van der Waals surface area contributed by atoms with Crippen LogP contribution < -0.4 is 5.32 Å². The van der Waals surface area contributed by atoms with Crippen LogP contribution >= 0.6 is 0 Å². The van der Waals surface area contributed by atoms with Gasteiger partial charge < -0.3 is 10.1 Å². The molecule has 0 heterocycles. The molecular weight excluding hydrogens is 444 g/mol. The second-order valence-corrected chi connectivity index (χ2v) is 13.4. The van der Waals surface area contributed by atoms with Crippen LogP contribution in [0.1, 0.15) is 101 Å². The van der Waals surface area contributed by atoms with Crippen LogP contribution in [0.25, 0.3) is 0 Å². The van der Waals surface area contributed by atoms with Gasteiger partial charge in [0.2, 0.25) is 0 Å². The minimum atomic E-state index is -0.00680. The number of nitriles is 1. The van der Waals surface area contributed by atoms with Crippen molar-refractivity contribution in [3.05, 3.63) is 35.4 Å².